The van der Waals surface area contributed by atoms with Crippen LogP contribution in [-0.2, 0) is 0 Å². The van der Waals surface area contributed by atoms with Crippen molar-refractivity contribution in [2.75, 3.05) is 6.54 Å². The third-order valence-electron chi connectivity index (χ3n) is 11.3. The highest BCUT2D eigenvalue weighted by Gasteiger charge is 2.57. The zero-order chi connectivity index (χ0) is 25.7. The second-order valence-electron chi connectivity index (χ2n) is 14.8. The Hall–Kier alpha value is -0.235. The number of hydrogen-bond acceptors (Lipinski definition) is 1. The summed E-state index contributed by atoms with van der Waals surface area (Å²) < 4.78 is 0. The maximum absolute atomic E-state index is 6.67. The minimum absolute atomic E-state index is 0.0395. The van der Waals surface area contributed by atoms with Crippen LogP contribution in [0.2, 0.25) is 5.31 Å². The highest BCUT2D eigenvalue weighted by molar-refractivity contribution is 6.14. The van der Waals surface area contributed by atoms with E-state index in [1.54, 1.807) is 0 Å². The van der Waals surface area contributed by atoms with Crippen molar-refractivity contribution in [3.05, 3.63) is 12.7 Å². The second kappa shape index (κ2) is 12.1. The lowest BCUT2D eigenvalue weighted by atomic mass is 9.53. The highest BCUT2D eigenvalue weighted by atomic mass is 15.2. The first-order chi connectivity index (χ1) is 16.4. The van der Waals surface area contributed by atoms with E-state index >= 15 is 0 Å². The Labute approximate surface area is 222 Å². The third kappa shape index (κ3) is 7.00. The monoisotopic (exact) mass is 481 g/mol. The van der Waals surface area contributed by atoms with Crippen LogP contribution in [0.3, 0.4) is 0 Å². The maximum atomic E-state index is 6.67. The van der Waals surface area contributed by atoms with E-state index in [1.165, 1.54) is 116 Å². The molecule has 2 radical (unpaired) electrons. The van der Waals surface area contributed by atoms with E-state index in [4.69, 9.17) is 7.85 Å². The Morgan fingerprint density at radius 1 is 0.686 bits per heavy atom. The van der Waals surface area contributed by atoms with Crippen LogP contribution in [0.5, 0.6) is 0 Å². The van der Waals surface area contributed by atoms with Crippen LogP contribution in [0.15, 0.2) is 12.7 Å². The van der Waals surface area contributed by atoms with Crippen LogP contribution in [0, 0.1) is 22.7 Å². The van der Waals surface area contributed by atoms with Gasteiger partial charge in [0.05, 0.1) is 7.85 Å². The van der Waals surface area contributed by atoms with Gasteiger partial charge in [0.2, 0.25) is 0 Å². The summed E-state index contributed by atoms with van der Waals surface area (Å²) in [6.45, 7) is 20.8. The Balaban J connectivity index is 1.92. The number of fused-ring (bicyclic) bond motifs is 3. The summed E-state index contributed by atoms with van der Waals surface area (Å²) in [5, 5.41) is 0.0395. The van der Waals surface area contributed by atoms with Gasteiger partial charge in [-0.2, -0.15) is 0 Å². The molecule has 2 saturated heterocycles. The first-order valence-electron chi connectivity index (χ1n) is 15.6. The first-order valence-corrected chi connectivity index (χ1v) is 15.6. The van der Waals surface area contributed by atoms with Crippen molar-refractivity contribution < 1.29 is 0 Å². The minimum Gasteiger partial charge on any atom is -0.294 e. The predicted octanol–water partition coefficient (Wildman–Crippen LogP) is 9.91. The van der Waals surface area contributed by atoms with Crippen LogP contribution in [-0.4, -0.2) is 30.9 Å². The topological polar surface area (TPSA) is 3.24 Å². The normalized spacial score (nSPS) is 40.5. The van der Waals surface area contributed by atoms with Crippen LogP contribution >= 0.6 is 0 Å². The third-order valence-corrected chi connectivity index (χ3v) is 11.3. The Bertz CT molecular complexity index is 664. The molecule has 2 heteroatoms. The zero-order valence-electron chi connectivity index (χ0n) is 24.8. The Morgan fingerprint density at radius 2 is 1.23 bits per heavy atom. The van der Waals surface area contributed by atoms with Gasteiger partial charge in [0.25, 0.3) is 0 Å². The van der Waals surface area contributed by atoms with Crippen molar-refractivity contribution in [1.82, 2.24) is 4.90 Å². The molecular weight excluding hydrogens is 421 g/mol. The summed E-state index contributed by atoms with van der Waals surface area (Å²) >= 11 is 0. The SMILES string of the molecule is [B]C1(C)CCCCCC2C3CCCCC(C)(C)CCCCN3C(C)(C)C(C)(C=C)C2CCCCC1. The molecular formula is C33H60BN. The van der Waals surface area contributed by atoms with Gasteiger partial charge in [-0.3, -0.25) is 4.90 Å². The Morgan fingerprint density at radius 3 is 1.86 bits per heavy atom. The van der Waals surface area contributed by atoms with E-state index in [2.05, 4.69) is 59.1 Å². The van der Waals surface area contributed by atoms with Gasteiger partial charge in [0, 0.05) is 17.0 Å². The van der Waals surface area contributed by atoms with Crippen molar-refractivity contribution in [2.45, 2.75) is 168 Å². The molecule has 2 heterocycles. The van der Waals surface area contributed by atoms with Crippen LogP contribution in [0.1, 0.15) is 151 Å². The largest absolute Gasteiger partial charge is 0.294 e. The number of rotatable bonds is 1. The lowest BCUT2D eigenvalue weighted by Gasteiger charge is -2.64. The van der Waals surface area contributed by atoms with Crippen LogP contribution in [0.25, 0.3) is 0 Å². The number of piperidine rings is 1. The van der Waals surface area contributed by atoms with Gasteiger partial charge in [0.1, 0.15) is 0 Å². The first kappa shape index (κ1) is 29.3. The van der Waals surface area contributed by atoms with Crippen molar-refractivity contribution in [3.8, 4) is 0 Å². The molecule has 0 amide bonds. The lowest BCUT2D eigenvalue weighted by molar-refractivity contribution is -0.132. The summed E-state index contributed by atoms with van der Waals surface area (Å²) in [6.07, 6.45) is 25.3. The molecule has 0 aromatic carbocycles. The minimum atomic E-state index is 0.0395. The number of hydrogen-bond donors (Lipinski definition) is 0. The molecule has 1 nitrogen and oxygen atoms in total. The van der Waals surface area contributed by atoms with Gasteiger partial charge >= 0.3 is 0 Å². The summed E-state index contributed by atoms with van der Waals surface area (Å²) in [4.78, 5) is 3.02. The van der Waals surface area contributed by atoms with Gasteiger partial charge in [-0.25, -0.2) is 0 Å². The van der Waals surface area contributed by atoms with Crippen molar-refractivity contribution >= 4 is 7.85 Å². The molecule has 5 unspecified atom stereocenters. The van der Waals surface area contributed by atoms with Gasteiger partial charge in [-0.1, -0.05) is 110 Å². The summed E-state index contributed by atoms with van der Waals surface area (Å²) in [5.74, 6) is 1.56. The molecule has 3 fully saturated rings. The van der Waals surface area contributed by atoms with E-state index in [-0.39, 0.29) is 16.3 Å². The molecule has 2 aliphatic heterocycles. The smallest absolute Gasteiger partial charge is 0.0742 e. The number of nitrogens with zero attached hydrogens (tertiary/aromatic N) is 1. The van der Waals surface area contributed by atoms with Gasteiger partial charge in [0.15, 0.2) is 0 Å². The summed E-state index contributed by atoms with van der Waals surface area (Å²) in [6, 6.07) is 0.745. The van der Waals surface area contributed by atoms with Crippen molar-refractivity contribution in [1.29, 1.82) is 0 Å². The quantitative estimate of drug-likeness (QED) is 0.266. The highest BCUT2D eigenvalue weighted by Crippen LogP contribution is 2.57. The standard InChI is InChI=1S/C33H60BN/c1-8-33(7)28-20-12-10-15-25-32(6,34)24-14-9-11-19-27(28)29-21-13-16-22-30(2,3)23-17-18-26-35(29)31(33,4)5/h8,27-29H,1,9-26H2,2-7H3. The predicted molar refractivity (Wildman–Crippen MR) is 156 cm³/mol. The average Bonchev–Trinajstić information content (AvgIpc) is 2.80. The maximum Gasteiger partial charge on any atom is 0.0742 e. The lowest BCUT2D eigenvalue weighted by Crippen LogP contribution is -2.68. The summed E-state index contributed by atoms with van der Waals surface area (Å²) in [5.41, 5.74) is 0.839. The van der Waals surface area contributed by atoms with Gasteiger partial charge in [-0.15, -0.1) is 6.58 Å². The molecule has 35 heavy (non-hydrogen) atoms. The summed E-state index contributed by atoms with van der Waals surface area (Å²) in [7, 11) is 6.67. The van der Waals surface area contributed by atoms with E-state index in [1.807, 2.05) is 0 Å². The molecule has 1 saturated carbocycles. The van der Waals surface area contributed by atoms with E-state index < -0.39 is 0 Å². The molecule has 1 aliphatic carbocycles. The molecule has 0 N–H and O–H groups in total. The molecule has 5 atom stereocenters. The fourth-order valence-corrected chi connectivity index (χ4v) is 8.49. The second-order valence-corrected chi connectivity index (χ2v) is 14.8. The van der Waals surface area contributed by atoms with Gasteiger partial charge < -0.3 is 0 Å². The molecule has 0 aromatic heterocycles. The molecule has 200 valence electrons. The molecule has 0 spiro atoms. The average molecular weight is 482 g/mol. The molecule has 3 rings (SSSR count). The van der Waals surface area contributed by atoms with E-state index in [9.17, 15) is 0 Å². The fraction of sp³-hybridized carbons (Fsp3) is 0.939. The van der Waals surface area contributed by atoms with Crippen molar-refractivity contribution in [2.24, 2.45) is 22.7 Å². The Kier molecular flexibility index (Phi) is 10.1. The molecule has 3 aliphatic rings. The van der Waals surface area contributed by atoms with Crippen LogP contribution in [0.4, 0.5) is 0 Å². The fourth-order valence-electron chi connectivity index (χ4n) is 8.49. The van der Waals surface area contributed by atoms with Gasteiger partial charge in [-0.05, 0) is 76.2 Å². The van der Waals surface area contributed by atoms with Crippen molar-refractivity contribution in [3.63, 3.8) is 0 Å². The van der Waals surface area contributed by atoms with E-state index in [0.717, 1.165) is 17.9 Å². The zero-order valence-corrected chi connectivity index (χ0v) is 24.8. The van der Waals surface area contributed by atoms with Crippen LogP contribution < -0.4 is 0 Å². The van der Waals surface area contributed by atoms with E-state index in [0.29, 0.717) is 5.41 Å². The molecule has 0 bridgehead atoms. The molecule has 0 aromatic rings.